The van der Waals surface area contributed by atoms with Gasteiger partial charge in [-0.05, 0) is 52.7 Å². The van der Waals surface area contributed by atoms with Crippen molar-refractivity contribution in [2.75, 3.05) is 17.2 Å². The Bertz CT molecular complexity index is 631. The predicted octanol–water partition coefficient (Wildman–Crippen LogP) is 4.57. The standard InChI is InChI=1S/C15H15BrClN3O/c1-2-7-18-11-4-6-14(19-9-11)15(21)20-10-3-5-12(16)13(17)8-10/h3-6,8-9,18H,2,7H2,1H3,(H,20,21). The van der Waals surface area contributed by atoms with Crippen molar-refractivity contribution in [2.45, 2.75) is 13.3 Å². The van der Waals surface area contributed by atoms with E-state index in [4.69, 9.17) is 11.6 Å². The van der Waals surface area contributed by atoms with Crippen LogP contribution in [0.5, 0.6) is 0 Å². The minimum absolute atomic E-state index is 0.268. The van der Waals surface area contributed by atoms with Crippen molar-refractivity contribution < 1.29 is 4.79 Å². The summed E-state index contributed by atoms with van der Waals surface area (Å²) in [4.78, 5) is 16.2. The molecule has 2 rings (SSSR count). The van der Waals surface area contributed by atoms with Gasteiger partial charge in [-0.25, -0.2) is 4.98 Å². The maximum absolute atomic E-state index is 12.1. The summed E-state index contributed by atoms with van der Waals surface area (Å²) in [7, 11) is 0. The molecule has 1 heterocycles. The summed E-state index contributed by atoms with van der Waals surface area (Å²) in [6.45, 7) is 2.97. The molecule has 0 aliphatic carbocycles. The number of nitrogens with one attached hydrogen (secondary N) is 2. The minimum atomic E-state index is -0.268. The summed E-state index contributed by atoms with van der Waals surface area (Å²) in [6.07, 6.45) is 2.69. The summed E-state index contributed by atoms with van der Waals surface area (Å²) >= 11 is 9.30. The molecule has 1 aromatic heterocycles. The molecule has 0 saturated heterocycles. The van der Waals surface area contributed by atoms with E-state index in [0.717, 1.165) is 23.1 Å². The van der Waals surface area contributed by atoms with Gasteiger partial charge in [0.2, 0.25) is 0 Å². The van der Waals surface area contributed by atoms with Crippen molar-refractivity contribution in [2.24, 2.45) is 0 Å². The van der Waals surface area contributed by atoms with Crippen LogP contribution in [0.4, 0.5) is 11.4 Å². The summed E-state index contributed by atoms with van der Waals surface area (Å²) < 4.78 is 0.784. The monoisotopic (exact) mass is 367 g/mol. The number of rotatable bonds is 5. The van der Waals surface area contributed by atoms with Crippen LogP contribution in [0, 0.1) is 0 Å². The average Bonchev–Trinajstić information content (AvgIpc) is 2.49. The van der Waals surface area contributed by atoms with E-state index in [2.05, 4.69) is 38.5 Å². The zero-order valence-corrected chi connectivity index (χ0v) is 13.8. The number of carbonyl (C=O) groups excluding carboxylic acids is 1. The van der Waals surface area contributed by atoms with E-state index in [1.165, 1.54) is 0 Å². The van der Waals surface area contributed by atoms with Crippen LogP contribution < -0.4 is 10.6 Å². The lowest BCUT2D eigenvalue weighted by molar-refractivity contribution is 0.102. The molecule has 0 radical (unpaired) electrons. The fraction of sp³-hybridized carbons (Fsp3) is 0.200. The van der Waals surface area contributed by atoms with Gasteiger partial charge in [-0.15, -0.1) is 0 Å². The molecule has 0 aliphatic rings. The number of pyridine rings is 1. The lowest BCUT2D eigenvalue weighted by atomic mass is 10.3. The van der Waals surface area contributed by atoms with Gasteiger partial charge in [-0.3, -0.25) is 4.79 Å². The quantitative estimate of drug-likeness (QED) is 0.812. The molecule has 21 heavy (non-hydrogen) atoms. The first kappa shape index (κ1) is 15.8. The molecule has 110 valence electrons. The van der Waals surface area contributed by atoms with Gasteiger partial charge >= 0.3 is 0 Å². The first-order chi connectivity index (χ1) is 10.1. The molecule has 0 aliphatic heterocycles. The molecule has 0 saturated carbocycles. The van der Waals surface area contributed by atoms with Crippen LogP contribution in [0.2, 0.25) is 5.02 Å². The molecule has 1 amide bonds. The summed E-state index contributed by atoms with van der Waals surface area (Å²) in [6, 6.07) is 8.76. The lowest BCUT2D eigenvalue weighted by Crippen LogP contribution is -2.13. The van der Waals surface area contributed by atoms with Crippen LogP contribution in [-0.2, 0) is 0 Å². The second-order valence-electron chi connectivity index (χ2n) is 4.44. The van der Waals surface area contributed by atoms with Crippen molar-refractivity contribution >= 4 is 44.8 Å². The van der Waals surface area contributed by atoms with E-state index in [-0.39, 0.29) is 5.91 Å². The third-order valence-corrected chi connectivity index (χ3v) is 3.99. The van der Waals surface area contributed by atoms with E-state index in [1.54, 1.807) is 30.5 Å². The number of halogens is 2. The highest BCUT2D eigenvalue weighted by molar-refractivity contribution is 9.10. The van der Waals surface area contributed by atoms with Crippen molar-refractivity contribution in [1.82, 2.24) is 4.98 Å². The highest BCUT2D eigenvalue weighted by Gasteiger charge is 2.08. The Morgan fingerprint density at radius 3 is 2.67 bits per heavy atom. The molecule has 0 atom stereocenters. The number of hydrogen-bond acceptors (Lipinski definition) is 3. The molecular weight excluding hydrogens is 354 g/mol. The molecule has 2 aromatic rings. The first-order valence-corrected chi connectivity index (χ1v) is 7.73. The number of carbonyl (C=O) groups is 1. The van der Waals surface area contributed by atoms with Gasteiger partial charge in [0.15, 0.2) is 0 Å². The highest BCUT2D eigenvalue weighted by atomic mass is 79.9. The molecule has 0 unspecified atom stereocenters. The predicted molar refractivity (Wildman–Crippen MR) is 90.1 cm³/mol. The summed E-state index contributed by atoms with van der Waals surface area (Å²) in [5.41, 5.74) is 1.89. The smallest absolute Gasteiger partial charge is 0.274 e. The maximum Gasteiger partial charge on any atom is 0.274 e. The highest BCUT2D eigenvalue weighted by Crippen LogP contribution is 2.25. The van der Waals surface area contributed by atoms with E-state index in [1.807, 2.05) is 6.07 Å². The van der Waals surface area contributed by atoms with E-state index in [9.17, 15) is 4.79 Å². The maximum atomic E-state index is 12.1. The Balaban J connectivity index is 2.04. The molecule has 0 bridgehead atoms. The van der Waals surface area contributed by atoms with Gasteiger partial charge in [-0.1, -0.05) is 18.5 Å². The summed E-state index contributed by atoms with van der Waals surface area (Å²) in [5.74, 6) is -0.268. The number of amides is 1. The van der Waals surface area contributed by atoms with Gasteiger partial charge in [0.25, 0.3) is 5.91 Å². The fourth-order valence-corrected chi connectivity index (χ4v) is 2.10. The number of hydrogen-bond donors (Lipinski definition) is 2. The Morgan fingerprint density at radius 2 is 2.05 bits per heavy atom. The Morgan fingerprint density at radius 1 is 1.29 bits per heavy atom. The third-order valence-electron chi connectivity index (χ3n) is 2.75. The van der Waals surface area contributed by atoms with Crippen molar-refractivity contribution in [3.8, 4) is 0 Å². The van der Waals surface area contributed by atoms with Gasteiger partial charge in [-0.2, -0.15) is 0 Å². The van der Waals surface area contributed by atoms with Crippen molar-refractivity contribution in [3.63, 3.8) is 0 Å². The summed E-state index contributed by atoms with van der Waals surface area (Å²) in [5, 5.41) is 6.51. The van der Waals surface area contributed by atoms with E-state index >= 15 is 0 Å². The number of nitrogens with zero attached hydrogens (tertiary/aromatic N) is 1. The second-order valence-corrected chi connectivity index (χ2v) is 5.70. The van der Waals surface area contributed by atoms with Gasteiger partial charge < -0.3 is 10.6 Å². The van der Waals surface area contributed by atoms with Crippen molar-refractivity contribution in [1.29, 1.82) is 0 Å². The Labute approximate surface area is 137 Å². The molecule has 0 spiro atoms. The number of aromatic nitrogens is 1. The van der Waals surface area contributed by atoms with Crippen LogP contribution in [0.15, 0.2) is 41.0 Å². The topological polar surface area (TPSA) is 54.0 Å². The average molecular weight is 369 g/mol. The lowest BCUT2D eigenvalue weighted by Gasteiger charge is -2.07. The number of benzene rings is 1. The molecule has 2 N–H and O–H groups in total. The normalized spacial score (nSPS) is 10.2. The molecular formula is C15H15BrClN3O. The van der Waals surface area contributed by atoms with Crippen LogP contribution in [0.25, 0.3) is 0 Å². The van der Waals surface area contributed by atoms with E-state index in [0.29, 0.717) is 16.4 Å². The first-order valence-electron chi connectivity index (χ1n) is 6.56. The molecule has 1 aromatic carbocycles. The van der Waals surface area contributed by atoms with Crippen LogP contribution >= 0.6 is 27.5 Å². The molecule has 0 fully saturated rings. The number of anilines is 2. The van der Waals surface area contributed by atoms with Gasteiger partial charge in [0, 0.05) is 16.7 Å². The van der Waals surface area contributed by atoms with Crippen LogP contribution in [0.1, 0.15) is 23.8 Å². The largest absolute Gasteiger partial charge is 0.384 e. The molecule has 6 heteroatoms. The van der Waals surface area contributed by atoms with Crippen molar-refractivity contribution in [3.05, 3.63) is 51.7 Å². The minimum Gasteiger partial charge on any atom is -0.384 e. The van der Waals surface area contributed by atoms with Crippen LogP contribution in [-0.4, -0.2) is 17.4 Å². The molecule has 4 nitrogen and oxygen atoms in total. The zero-order chi connectivity index (χ0) is 15.2. The SMILES string of the molecule is CCCNc1ccc(C(=O)Nc2ccc(Br)c(Cl)c2)nc1. The second kappa shape index (κ2) is 7.43. The fourth-order valence-electron chi connectivity index (χ4n) is 1.67. The Kier molecular flexibility index (Phi) is 5.59. The Hall–Kier alpha value is -1.59. The van der Waals surface area contributed by atoms with Gasteiger partial charge in [0.1, 0.15) is 5.69 Å². The zero-order valence-electron chi connectivity index (χ0n) is 11.5. The van der Waals surface area contributed by atoms with Gasteiger partial charge in [0.05, 0.1) is 16.9 Å². The third kappa shape index (κ3) is 4.44. The van der Waals surface area contributed by atoms with Crippen LogP contribution in [0.3, 0.4) is 0 Å². The van der Waals surface area contributed by atoms with E-state index < -0.39 is 0 Å².